The number of thioether (sulfide) groups is 1. The first-order valence-corrected chi connectivity index (χ1v) is 12.7. The third kappa shape index (κ3) is 5.03. The van der Waals surface area contributed by atoms with Crippen molar-refractivity contribution in [2.24, 2.45) is 10.1 Å². The molecule has 2 aliphatic heterocycles. The van der Waals surface area contributed by atoms with Crippen molar-refractivity contribution in [3.63, 3.8) is 0 Å². The molecule has 0 spiro atoms. The van der Waals surface area contributed by atoms with Crippen molar-refractivity contribution in [3.05, 3.63) is 99.4 Å². The van der Waals surface area contributed by atoms with Crippen molar-refractivity contribution >= 4 is 51.9 Å². The van der Waals surface area contributed by atoms with Gasteiger partial charge in [0.05, 0.1) is 23.8 Å². The van der Waals surface area contributed by atoms with Crippen LogP contribution in [0.5, 0.6) is 5.75 Å². The smallest absolute Gasteiger partial charge is 0.286 e. The van der Waals surface area contributed by atoms with Gasteiger partial charge in [0.25, 0.3) is 5.91 Å². The van der Waals surface area contributed by atoms with Crippen LogP contribution >= 0.6 is 23.4 Å². The van der Waals surface area contributed by atoms with Gasteiger partial charge in [0.15, 0.2) is 5.17 Å². The lowest BCUT2D eigenvalue weighted by atomic mass is 9.98. The molecule has 182 valence electrons. The second-order valence-electron chi connectivity index (χ2n) is 8.69. The van der Waals surface area contributed by atoms with Crippen LogP contribution in [-0.4, -0.2) is 43.0 Å². The second-order valence-corrected chi connectivity index (χ2v) is 10.1. The summed E-state index contributed by atoms with van der Waals surface area (Å²) in [5.41, 5.74) is 5.07. The van der Waals surface area contributed by atoms with E-state index in [-0.39, 0.29) is 11.9 Å². The Kier molecular flexibility index (Phi) is 6.85. The van der Waals surface area contributed by atoms with Gasteiger partial charge >= 0.3 is 0 Å². The van der Waals surface area contributed by atoms with E-state index in [0.717, 1.165) is 33.8 Å². The quantitative estimate of drug-likeness (QED) is 0.376. The Bertz CT molecular complexity index is 1360. The lowest BCUT2D eigenvalue weighted by Gasteiger charge is -2.23. The van der Waals surface area contributed by atoms with Crippen LogP contribution in [-0.2, 0) is 4.79 Å². The number of hydrogen-bond donors (Lipinski definition) is 0. The molecule has 8 heteroatoms. The highest BCUT2D eigenvalue weighted by molar-refractivity contribution is 8.18. The predicted octanol–water partition coefficient (Wildman–Crippen LogP) is 6.24. The van der Waals surface area contributed by atoms with Crippen molar-refractivity contribution < 1.29 is 9.53 Å². The predicted molar refractivity (Wildman–Crippen MR) is 149 cm³/mol. The third-order valence-corrected chi connectivity index (χ3v) is 7.33. The van der Waals surface area contributed by atoms with E-state index in [1.165, 1.54) is 11.8 Å². The number of hydrazone groups is 1. The Morgan fingerprint density at radius 2 is 1.72 bits per heavy atom. The van der Waals surface area contributed by atoms with Crippen LogP contribution in [0.25, 0.3) is 6.08 Å². The van der Waals surface area contributed by atoms with E-state index in [9.17, 15) is 4.79 Å². The first-order chi connectivity index (χ1) is 17.4. The molecular weight excluding hydrogens is 492 g/mol. The summed E-state index contributed by atoms with van der Waals surface area (Å²) >= 11 is 7.35. The molecule has 0 saturated carbocycles. The van der Waals surface area contributed by atoms with Gasteiger partial charge in [0.1, 0.15) is 5.75 Å². The standard InChI is InChI=1S/C28H25ClN4O2S/c1-32(2)22-12-6-20(7-13-22)25-17-24(19-8-14-23(35-3)15-9-19)31-33(25)28-30-27(34)26(36-28)16-18-4-10-21(29)11-5-18/h4-16,25H,17H2,1-3H3/b26-16-. The second kappa shape index (κ2) is 10.2. The molecule has 0 saturated heterocycles. The Labute approximate surface area is 219 Å². The molecule has 0 fully saturated rings. The Morgan fingerprint density at radius 1 is 1.03 bits per heavy atom. The summed E-state index contributed by atoms with van der Waals surface area (Å²) < 4.78 is 5.31. The number of carbonyl (C=O) groups excluding carboxylic acids is 1. The monoisotopic (exact) mass is 516 g/mol. The molecule has 3 aromatic rings. The van der Waals surface area contributed by atoms with Gasteiger partial charge in [-0.05, 0) is 83.1 Å². The zero-order valence-corrected chi connectivity index (χ0v) is 21.8. The summed E-state index contributed by atoms with van der Waals surface area (Å²) in [6.45, 7) is 0. The molecule has 1 atom stereocenters. The first-order valence-electron chi connectivity index (χ1n) is 11.5. The van der Waals surface area contributed by atoms with Gasteiger partial charge in [0, 0.05) is 31.2 Å². The minimum Gasteiger partial charge on any atom is -0.497 e. The number of ether oxygens (including phenoxy) is 1. The highest BCUT2D eigenvalue weighted by atomic mass is 35.5. The van der Waals surface area contributed by atoms with Crippen LogP contribution in [0, 0.1) is 0 Å². The minimum absolute atomic E-state index is 0.0766. The van der Waals surface area contributed by atoms with Crippen molar-refractivity contribution in [2.45, 2.75) is 12.5 Å². The highest BCUT2D eigenvalue weighted by Gasteiger charge is 2.36. The number of benzene rings is 3. The molecule has 1 unspecified atom stereocenters. The van der Waals surface area contributed by atoms with Crippen molar-refractivity contribution in [3.8, 4) is 5.75 Å². The fourth-order valence-corrected chi connectivity index (χ4v) is 5.15. The van der Waals surface area contributed by atoms with Crippen LogP contribution in [0.1, 0.15) is 29.2 Å². The Hall–Kier alpha value is -3.55. The van der Waals surface area contributed by atoms with Gasteiger partial charge in [0.2, 0.25) is 0 Å². The first kappa shape index (κ1) is 24.2. The van der Waals surface area contributed by atoms with E-state index >= 15 is 0 Å². The molecule has 0 radical (unpaired) electrons. The van der Waals surface area contributed by atoms with E-state index in [1.807, 2.05) is 61.6 Å². The number of hydrogen-bond acceptors (Lipinski definition) is 6. The molecule has 5 rings (SSSR count). The highest BCUT2D eigenvalue weighted by Crippen LogP contribution is 2.40. The number of methoxy groups -OCH3 is 1. The summed E-state index contributed by atoms with van der Waals surface area (Å²) in [7, 11) is 5.69. The SMILES string of the molecule is COc1ccc(C2=NN(C3=NC(=O)/C(=C/c4ccc(Cl)cc4)S3)C(c3ccc(N(C)C)cc3)C2)cc1. The van der Waals surface area contributed by atoms with Gasteiger partial charge in [-0.2, -0.15) is 10.1 Å². The minimum atomic E-state index is -0.264. The molecule has 1 amide bonds. The molecule has 0 bridgehead atoms. The maximum atomic E-state index is 12.8. The fraction of sp³-hybridized carbons (Fsp3) is 0.179. The van der Waals surface area contributed by atoms with E-state index in [2.05, 4.69) is 34.2 Å². The molecule has 3 aromatic carbocycles. The molecular formula is C28H25ClN4O2S. The lowest BCUT2D eigenvalue weighted by Crippen LogP contribution is -2.23. The van der Waals surface area contributed by atoms with E-state index in [1.54, 1.807) is 19.2 Å². The summed E-state index contributed by atoms with van der Waals surface area (Å²) in [6.07, 6.45) is 2.53. The molecule has 2 aliphatic rings. The summed E-state index contributed by atoms with van der Waals surface area (Å²) in [5.74, 6) is 0.531. The van der Waals surface area contributed by atoms with Gasteiger partial charge in [-0.25, -0.2) is 5.01 Å². The van der Waals surface area contributed by atoms with Crippen LogP contribution in [0.3, 0.4) is 0 Å². The topological polar surface area (TPSA) is 57.5 Å². The third-order valence-electron chi connectivity index (χ3n) is 6.10. The number of anilines is 1. The maximum Gasteiger partial charge on any atom is 0.286 e. The zero-order valence-electron chi connectivity index (χ0n) is 20.2. The number of amidine groups is 1. The number of nitrogens with zero attached hydrogens (tertiary/aromatic N) is 4. The van der Waals surface area contributed by atoms with Gasteiger partial charge < -0.3 is 9.64 Å². The van der Waals surface area contributed by atoms with E-state index in [0.29, 0.717) is 21.5 Å². The number of rotatable bonds is 5. The molecule has 0 N–H and O–H groups in total. The van der Waals surface area contributed by atoms with Crippen molar-refractivity contribution in [1.29, 1.82) is 0 Å². The van der Waals surface area contributed by atoms with Gasteiger partial charge in [-0.15, -0.1) is 0 Å². The molecule has 2 heterocycles. The van der Waals surface area contributed by atoms with Crippen LogP contribution in [0.15, 0.2) is 87.8 Å². The van der Waals surface area contributed by atoms with E-state index in [4.69, 9.17) is 21.4 Å². The van der Waals surface area contributed by atoms with Crippen LogP contribution in [0.2, 0.25) is 5.02 Å². The molecule has 6 nitrogen and oxygen atoms in total. The van der Waals surface area contributed by atoms with Crippen LogP contribution in [0.4, 0.5) is 5.69 Å². The van der Waals surface area contributed by atoms with E-state index < -0.39 is 0 Å². The summed E-state index contributed by atoms with van der Waals surface area (Å²) in [5, 5.41) is 8.06. The lowest BCUT2D eigenvalue weighted by molar-refractivity contribution is -0.113. The van der Waals surface area contributed by atoms with Crippen molar-refractivity contribution in [1.82, 2.24) is 5.01 Å². The number of carbonyl (C=O) groups is 1. The maximum absolute atomic E-state index is 12.8. The van der Waals surface area contributed by atoms with Crippen LogP contribution < -0.4 is 9.64 Å². The largest absolute Gasteiger partial charge is 0.497 e. The summed E-state index contributed by atoms with van der Waals surface area (Å²) in [4.78, 5) is 19.8. The van der Waals surface area contributed by atoms with Gasteiger partial charge in [-0.1, -0.05) is 35.9 Å². The fourth-order valence-electron chi connectivity index (χ4n) is 4.11. The number of amides is 1. The zero-order chi connectivity index (χ0) is 25.2. The van der Waals surface area contributed by atoms with Crippen molar-refractivity contribution in [2.75, 3.05) is 26.1 Å². The average Bonchev–Trinajstić information content (AvgIpc) is 3.49. The Morgan fingerprint density at radius 3 is 2.36 bits per heavy atom. The normalized spacial score (nSPS) is 18.4. The number of halogens is 1. The molecule has 36 heavy (non-hydrogen) atoms. The van der Waals surface area contributed by atoms with Gasteiger partial charge in [-0.3, -0.25) is 4.79 Å². The number of aliphatic imine (C=N–C) groups is 1. The Balaban J connectivity index is 1.47. The molecule has 0 aliphatic carbocycles. The average molecular weight is 517 g/mol. The molecule has 0 aromatic heterocycles. The summed E-state index contributed by atoms with van der Waals surface area (Å²) in [6, 6.07) is 23.6.